The Labute approximate surface area is 85.8 Å². The van der Waals surface area contributed by atoms with Gasteiger partial charge in [-0.2, -0.15) is 4.98 Å². The summed E-state index contributed by atoms with van der Waals surface area (Å²) in [5.74, 6) is 0.392. The number of halogens is 1. The molecule has 0 spiro atoms. The summed E-state index contributed by atoms with van der Waals surface area (Å²) in [6, 6.07) is 0. The molecule has 0 aromatic carbocycles. The molecule has 0 atom stereocenters. The first-order chi connectivity index (χ1) is 7.22. The van der Waals surface area contributed by atoms with Crippen LogP contribution in [0.2, 0.25) is 0 Å². The second-order valence-electron chi connectivity index (χ2n) is 2.97. The molecule has 2 rings (SSSR count). The summed E-state index contributed by atoms with van der Waals surface area (Å²) in [5.41, 5.74) is 5.40. The molecule has 6 heteroatoms. The van der Waals surface area contributed by atoms with E-state index in [0.29, 0.717) is 6.42 Å². The Morgan fingerprint density at radius 2 is 2.27 bits per heavy atom. The summed E-state index contributed by atoms with van der Waals surface area (Å²) >= 11 is 0. The fraction of sp³-hybridized carbons (Fsp3) is 0.222. The molecule has 0 saturated carbocycles. The number of imidazole rings is 1. The number of nitrogens with zero attached hydrogens (tertiary/aromatic N) is 4. The maximum atomic E-state index is 13.4. The fourth-order valence-electron chi connectivity index (χ4n) is 1.33. The zero-order valence-corrected chi connectivity index (χ0v) is 8.18. The SMILES string of the molecule is CCc1nccn1-c1nc(N)ncc1F. The molecular formula is C9H10FN5. The predicted octanol–water partition coefficient (Wildman–Crippen LogP) is 0.946. The van der Waals surface area contributed by atoms with Gasteiger partial charge in [-0.15, -0.1) is 0 Å². The Bertz CT molecular complexity index is 479. The number of aromatic nitrogens is 4. The summed E-state index contributed by atoms with van der Waals surface area (Å²) in [6.45, 7) is 1.93. The molecule has 2 aromatic rings. The van der Waals surface area contributed by atoms with Crippen LogP contribution in [-0.2, 0) is 6.42 Å². The highest BCUT2D eigenvalue weighted by molar-refractivity contribution is 5.30. The molecule has 5 nitrogen and oxygen atoms in total. The van der Waals surface area contributed by atoms with Gasteiger partial charge in [0.05, 0.1) is 6.20 Å². The van der Waals surface area contributed by atoms with Crippen LogP contribution < -0.4 is 5.73 Å². The molecule has 0 fully saturated rings. The molecule has 0 saturated heterocycles. The molecule has 0 radical (unpaired) electrons. The lowest BCUT2D eigenvalue weighted by Gasteiger charge is -2.06. The van der Waals surface area contributed by atoms with E-state index in [-0.39, 0.29) is 11.8 Å². The average molecular weight is 207 g/mol. The van der Waals surface area contributed by atoms with E-state index in [1.807, 2.05) is 6.92 Å². The second-order valence-corrected chi connectivity index (χ2v) is 2.97. The summed E-state index contributed by atoms with van der Waals surface area (Å²) in [6.07, 6.45) is 4.98. The van der Waals surface area contributed by atoms with Gasteiger partial charge in [0.15, 0.2) is 11.6 Å². The molecule has 2 N–H and O–H groups in total. The average Bonchev–Trinajstić information content (AvgIpc) is 2.69. The van der Waals surface area contributed by atoms with Crippen molar-refractivity contribution >= 4 is 5.95 Å². The highest BCUT2D eigenvalue weighted by atomic mass is 19.1. The smallest absolute Gasteiger partial charge is 0.222 e. The molecule has 0 unspecified atom stereocenters. The van der Waals surface area contributed by atoms with Gasteiger partial charge in [0.25, 0.3) is 0 Å². The third kappa shape index (κ3) is 1.65. The molecule has 0 aliphatic rings. The van der Waals surface area contributed by atoms with E-state index >= 15 is 0 Å². The fourth-order valence-corrected chi connectivity index (χ4v) is 1.33. The first kappa shape index (κ1) is 9.57. The number of hydrogen-bond donors (Lipinski definition) is 1. The highest BCUT2D eigenvalue weighted by Gasteiger charge is 2.10. The quantitative estimate of drug-likeness (QED) is 0.795. The van der Waals surface area contributed by atoms with Crippen LogP contribution in [0.3, 0.4) is 0 Å². The van der Waals surface area contributed by atoms with Crippen LogP contribution in [0.25, 0.3) is 5.82 Å². The zero-order valence-electron chi connectivity index (χ0n) is 8.18. The van der Waals surface area contributed by atoms with Crippen molar-refractivity contribution in [1.29, 1.82) is 0 Å². The maximum Gasteiger partial charge on any atom is 0.222 e. The Morgan fingerprint density at radius 3 is 3.00 bits per heavy atom. The molecular weight excluding hydrogens is 197 g/mol. The third-order valence-corrected chi connectivity index (χ3v) is 2.01. The molecule has 0 aliphatic carbocycles. The molecule has 2 heterocycles. The van der Waals surface area contributed by atoms with E-state index in [0.717, 1.165) is 12.0 Å². The third-order valence-electron chi connectivity index (χ3n) is 2.01. The van der Waals surface area contributed by atoms with Gasteiger partial charge < -0.3 is 5.73 Å². The van der Waals surface area contributed by atoms with Crippen molar-refractivity contribution in [3.05, 3.63) is 30.2 Å². The van der Waals surface area contributed by atoms with Crippen LogP contribution in [0, 0.1) is 5.82 Å². The molecule has 0 bridgehead atoms. The molecule has 78 valence electrons. The summed E-state index contributed by atoms with van der Waals surface area (Å²) in [4.78, 5) is 11.5. The Hall–Kier alpha value is -1.98. The molecule has 15 heavy (non-hydrogen) atoms. The monoisotopic (exact) mass is 207 g/mol. The van der Waals surface area contributed by atoms with Crippen molar-refractivity contribution < 1.29 is 4.39 Å². The summed E-state index contributed by atoms with van der Waals surface area (Å²) in [7, 11) is 0. The van der Waals surface area contributed by atoms with Gasteiger partial charge in [0.1, 0.15) is 5.82 Å². The number of rotatable bonds is 2. The minimum absolute atomic E-state index is 0.0437. The van der Waals surface area contributed by atoms with Gasteiger partial charge >= 0.3 is 0 Å². The maximum absolute atomic E-state index is 13.4. The second kappa shape index (κ2) is 3.64. The van der Waals surface area contributed by atoms with E-state index in [1.165, 1.54) is 0 Å². The number of nitrogens with two attached hydrogens (primary N) is 1. The lowest BCUT2D eigenvalue weighted by Crippen LogP contribution is -2.07. The summed E-state index contributed by atoms with van der Waals surface area (Å²) in [5, 5.41) is 0. The normalized spacial score (nSPS) is 10.5. The Kier molecular flexibility index (Phi) is 2.32. The van der Waals surface area contributed by atoms with Crippen molar-refractivity contribution in [1.82, 2.24) is 19.5 Å². The van der Waals surface area contributed by atoms with Crippen LogP contribution in [0.5, 0.6) is 0 Å². The lowest BCUT2D eigenvalue weighted by atomic mass is 10.4. The van der Waals surface area contributed by atoms with Crippen LogP contribution in [0.15, 0.2) is 18.6 Å². The van der Waals surface area contributed by atoms with E-state index in [9.17, 15) is 4.39 Å². The molecule has 0 aliphatic heterocycles. The van der Waals surface area contributed by atoms with Crippen molar-refractivity contribution in [2.24, 2.45) is 0 Å². The Morgan fingerprint density at radius 1 is 1.47 bits per heavy atom. The number of anilines is 1. The lowest BCUT2D eigenvalue weighted by molar-refractivity contribution is 0.599. The largest absolute Gasteiger partial charge is 0.368 e. The van der Waals surface area contributed by atoms with Crippen molar-refractivity contribution in [3.8, 4) is 5.82 Å². The Balaban J connectivity index is 2.58. The van der Waals surface area contributed by atoms with Crippen LogP contribution in [0.1, 0.15) is 12.7 Å². The van der Waals surface area contributed by atoms with Gasteiger partial charge in [-0.1, -0.05) is 6.92 Å². The summed E-state index contributed by atoms with van der Waals surface area (Å²) < 4.78 is 15.0. The van der Waals surface area contributed by atoms with Gasteiger partial charge in [0, 0.05) is 18.8 Å². The topological polar surface area (TPSA) is 69.6 Å². The van der Waals surface area contributed by atoms with Gasteiger partial charge in [-0.05, 0) is 0 Å². The van der Waals surface area contributed by atoms with E-state index < -0.39 is 5.82 Å². The first-order valence-electron chi connectivity index (χ1n) is 4.53. The van der Waals surface area contributed by atoms with Crippen molar-refractivity contribution in [3.63, 3.8) is 0 Å². The van der Waals surface area contributed by atoms with Gasteiger partial charge in [-0.25, -0.2) is 14.4 Å². The predicted molar refractivity (Wildman–Crippen MR) is 52.9 cm³/mol. The van der Waals surface area contributed by atoms with Crippen LogP contribution >= 0.6 is 0 Å². The minimum Gasteiger partial charge on any atom is -0.368 e. The minimum atomic E-state index is -0.517. The van der Waals surface area contributed by atoms with Crippen LogP contribution in [-0.4, -0.2) is 19.5 Å². The first-order valence-corrected chi connectivity index (χ1v) is 4.53. The number of hydrogen-bond acceptors (Lipinski definition) is 4. The van der Waals surface area contributed by atoms with Crippen molar-refractivity contribution in [2.45, 2.75) is 13.3 Å². The molecule has 0 amide bonds. The number of nitrogen functional groups attached to an aromatic ring is 1. The van der Waals surface area contributed by atoms with Crippen molar-refractivity contribution in [2.75, 3.05) is 5.73 Å². The number of aryl methyl sites for hydroxylation is 1. The van der Waals surface area contributed by atoms with E-state index in [2.05, 4.69) is 15.0 Å². The standard InChI is InChI=1S/C9H10FN5/c1-2-7-12-3-4-15(7)8-6(10)5-13-9(11)14-8/h3-5H,2H2,1H3,(H2,11,13,14). The zero-order chi connectivity index (χ0) is 10.8. The van der Waals surface area contributed by atoms with Gasteiger partial charge in [-0.3, -0.25) is 4.57 Å². The van der Waals surface area contributed by atoms with Gasteiger partial charge in [0.2, 0.25) is 5.95 Å². The molecule has 2 aromatic heterocycles. The van der Waals surface area contributed by atoms with E-state index in [4.69, 9.17) is 5.73 Å². The highest BCUT2D eigenvalue weighted by Crippen LogP contribution is 2.12. The van der Waals surface area contributed by atoms with Crippen LogP contribution in [0.4, 0.5) is 10.3 Å². The van der Waals surface area contributed by atoms with E-state index in [1.54, 1.807) is 17.0 Å².